The van der Waals surface area contributed by atoms with Gasteiger partial charge >= 0.3 is 0 Å². The third-order valence-corrected chi connectivity index (χ3v) is 7.65. The predicted molar refractivity (Wildman–Crippen MR) is 145 cm³/mol. The summed E-state index contributed by atoms with van der Waals surface area (Å²) in [4.78, 5) is 32.1. The van der Waals surface area contributed by atoms with Crippen LogP contribution in [0.5, 0.6) is 0 Å². The number of hydrogen-bond acceptors (Lipinski definition) is 5. The second-order valence-corrected chi connectivity index (χ2v) is 10.4. The lowest BCUT2D eigenvalue weighted by molar-refractivity contribution is -0.131. The molecule has 2 aliphatic rings. The monoisotopic (exact) mass is 493 g/mol. The minimum Gasteiger partial charge on any atom is -0.368 e. The van der Waals surface area contributed by atoms with Crippen molar-refractivity contribution in [3.63, 3.8) is 0 Å². The average molecular weight is 494 g/mol. The van der Waals surface area contributed by atoms with Crippen LogP contribution >= 0.6 is 24.0 Å². The van der Waals surface area contributed by atoms with Gasteiger partial charge in [-0.2, -0.15) is 0 Å². The summed E-state index contributed by atoms with van der Waals surface area (Å²) >= 11 is 6.81. The van der Waals surface area contributed by atoms with E-state index in [1.54, 1.807) is 4.90 Å². The second-order valence-electron chi connectivity index (χ2n) is 8.76. The largest absolute Gasteiger partial charge is 0.368 e. The highest BCUT2D eigenvalue weighted by Crippen LogP contribution is 2.32. The summed E-state index contributed by atoms with van der Waals surface area (Å²) in [7, 11) is 0. The van der Waals surface area contributed by atoms with E-state index in [-0.39, 0.29) is 11.8 Å². The van der Waals surface area contributed by atoms with Gasteiger partial charge in [-0.3, -0.25) is 14.5 Å². The van der Waals surface area contributed by atoms with Crippen molar-refractivity contribution in [2.45, 2.75) is 32.6 Å². The Kier molecular flexibility index (Phi) is 8.40. The lowest BCUT2D eigenvalue weighted by Gasteiger charge is -2.36. The molecule has 5 nitrogen and oxygen atoms in total. The number of aryl methyl sites for hydroxylation is 1. The van der Waals surface area contributed by atoms with Gasteiger partial charge in [-0.05, 0) is 43.5 Å². The van der Waals surface area contributed by atoms with Crippen molar-refractivity contribution in [1.29, 1.82) is 0 Å². The fourth-order valence-electron chi connectivity index (χ4n) is 4.24. The summed E-state index contributed by atoms with van der Waals surface area (Å²) in [5, 5.41) is 0. The Morgan fingerprint density at radius 3 is 2.38 bits per heavy atom. The van der Waals surface area contributed by atoms with Crippen LogP contribution in [-0.4, -0.2) is 58.7 Å². The number of carbonyl (C=O) groups excluding carboxylic acids is 2. The standard InChI is InChI=1S/C27H31N3O2S2/c1-21-11-13-22(14-12-21)20-24-26(32)30(27(33)34-24)15-7-3-6-10-25(31)29-18-16-28(17-19-29)23-8-4-2-5-9-23/h2,4-5,8-9,11-14,20H,3,6-7,10,15-19H2,1H3. The van der Waals surface area contributed by atoms with Crippen molar-refractivity contribution in [1.82, 2.24) is 9.80 Å². The van der Waals surface area contributed by atoms with Crippen LogP contribution in [-0.2, 0) is 9.59 Å². The van der Waals surface area contributed by atoms with Crippen molar-refractivity contribution >= 4 is 51.9 Å². The van der Waals surface area contributed by atoms with E-state index in [0.717, 1.165) is 51.0 Å². The molecule has 2 heterocycles. The van der Waals surface area contributed by atoms with Crippen LogP contribution in [0.3, 0.4) is 0 Å². The maximum absolute atomic E-state index is 12.8. The Bertz CT molecular complexity index is 1050. The number of carbonyl (C=O) groups is 2. The molecule has 2 aliphatic heterocycles. The molecule has 2 aromatic carbocycles. The Hall–Kier alpha value is -2.64. The van der Waals surface area contributed by atoms with Crippen LogP contribution in [0.1, 0.15) is 36.8 Å². The first-order valence-corrected chi connectivity index (χ1v) is 13.1. The summed E-state index contributed by atoms with van der Waals surface area (Å²) < 4.78 is 0.621. The average Bonchev–Trinajstić information content (AvgIpc) is 3.13. The number of anilines is 1. The van der Waals surface area contributed by atoms with E-state index in [1.807, 2.05) is 48.2 Å². The highest BCUT2D eigenvalue weighted by atomic mass is 32.2. The predicted octanol–water partition coefficient (Wildman–Crippen LogP) is 5.11. The molecule has 0 saturated carbocycles. The molecule has 0 bridgehead atoms. The maximum atomic E-state index is 12.8. The zero-order valence-corrected chi connectivity index (χ0v) is 21.2. The zero-order valence-electron chi connectivity index (χ0n) is 19.6. The number of para-hydroxylation sites is 1. The number of thiocarbonyl (C=S) groups is 1. The van der Waals surface area contributed by atoms with Crippen LogP contribution in [0, 0.1) is 6.92 Å². The number of benzene rings is 2. The third-order valence-electron chi connectivity index (χ3n) is 6.27. The fourth-order valence-corrected chi connectivity index (χ4v) is 5.55. The number of unbranched alkanes of at least 4 members (excludes halogenated alkanes) is 2. The summed E-state index contributed by atoms with van der Waals surface area (Å²) in [6.45, 7) is 5.96. The summed E-state index contributed by atoms with van der Waals surface area (Å²) in [6.07, 6.45) is 5.07. The Morgan fingerprint density at radius 2 is 1.68 bits per heavy atom. The molecule has 0 unspecified atom stereocenters. The fraction of sp³-hybridized carbons (Fsp3) is 0.370. The van der Waals surface area contributed by atoms with Gasteiger partial charge in [0.05, 0.1) is 4.91 Å². The number of hydrogen-bond donors (Lipinski definition) is 0. The topological polar surface area (TPSA) is 43.9 Å². The molecule has 0 N–H and O–H groups in total. The maximum Gasteiger partial charge on any atom is 0.266 e. The molecule has 0 aromatic heterocycles. The minimum atomic E-state index is -0.0112. The number of amides is 2. The van der Waals surface area contributed by atoms with Crippen molar-refractivity contribution in [3.8, 4) is 0 Å². The molecule has 178 valence electrons. The van der Waals surface area contributed by atoms with E-state index >= 15 is 0 Å². The zero-order chi connectivity index (χ0) is 23.9. The highest BCUT2D eigenvalue weighted by Gasteiger charge is 2.31. The van der Waals surface area contributed by atoms with Crippen LogP contribution in [0.25, 0.3) is 6.08 Å². The first kappa shape index (κ1) is 24.5. The molecule has 0 spiro atoms. The Morgan fingerprint density at radius 1 is 0.971 bits per heavy atom. The summed E-state index contributed by atoms with van der Waals surface area (Å²) in [5.41, 5.74) is 3.42. The van der Waals surface area contributed by atoms with Gasteiger partial charge in [0.1, 0.15) is 4.32 Å². The van der Waals surface area contributed by atoms with E-state index in [4.69, 9.17) is 12.2 Å². The molecule has 2 aromatic rings. The lowest BCUT2D eigenvalue weighted by atomic mass is 10.1. The van der Waals surface area contributed by atoms with Gasteiger partial charge in [0.15, 0.2) is 0 Å². The Balaban J connectivity index is 1.16. The normalized spacial score (nSPS) is 17.7. The SMILES string of the molecule is Cc1ccc(C=C2SC(=S)N(CCCCCC(=O)N3CCN(c4ccccc4)CC3)C2=O)cc1. The first-order valence-electron chi connectivity index (χ1n) is 11.9. The molecule has 2 fully saturated rings. The Labute approximate surface area is 211 Å². The minimum absolute atomic E-state index is 0.0112. The van der Waals surface area contributed by atoms with Gasteiger partial charge in [0, 0.05) is 44.8 Å². The number of nitrogens with zero attached hydrogens (tertiary/aromatic N) is 3. The second kappa shape index (κ2) is 11.7. The molecule has 7 heteroatoms. The first-order chi connectivity index (χ1) is 16.5. The molecule has 0 aliphatic carbocycles. The van der Waals surface area contributed by atoms with Gasteiger partial charge < -0.3 is 9.80 Å². The van der Waals surface area contributed by atoms with E-state index < -0.39 is 0 Å². The van der Waals surface area contributed by atoms with Crippen molar-refractivity contribution in [2.24, 2.45) is 0 Å². The van der Waals surface area contributed by atoms with Gasteiger partial charge in [0.25, 0.3) is 5.91 Å². The molecular weight excluding hydrogens is 462 g/mol. The van der Waals surface area contributed by atoms with Crippen molar-refractivity contribution in [2.75, 3.05) is 37.6 Å². The van der Waals surface area contributed by atoms with E-state index in [1.165, 1.54) is 23.0 Å². The van der Waals surface area contributed by atoms with E-state index in [2.05, 4.69) is 29.2 Å². The molecule has 2 saturated heterocycles. The van der Waals surface area contributed by atoms with E-state index in [9.17, 15) is 9.59 Å². The summed E-state index contributed by atoms with van der Waals surface area (Å²) in [6, 6.07) is 18.5. The van der Waals surface area contributed by atoms with Gasteiger partial charge in [-0.15, -0.1) is 0 Å². The van der Waals surface area contributed by atoms with Crippen molar-refractivity contribution < 1.29 is 9.59 Å². The van der Waals surface area contributed by atoms with Crippen LogP contribution in [0.4, 0.5) is 5.69 Å². The molecule has 34 heavy (non-hydrogen) atoms. The van der Waals surface area contributed by atoms with Gasteiger partial charge in [-0.1, -0.05) is 78.4 Å². The lowest BCUT2D eigenvalue weighted by Crippen LogP contribution is -2.48. The molecule has 0 atom stereocenters. The number of piperazine rings is 1. The molecule has 2 amide bonds. The van der Waals surface area contributed by atoms with Gasteiger partial charge in [-0.25, -0.2) is 0 Å². The quantitative estimate of drug-likeness (QED) is 0.291. The number of thioether (sulfide) groups is 1. The van der Waals surface area contributed by atoms with Crippen molar-refractivity contribution in [3.05, 3.63) is 70.6 Å². The summed E-state index contributed by atoms with van der Waals surface area (Å²) in [5.74, 6) is 0.224. The number of rotatable bonds is 8. The third kappa shape index (κ3) is 6.27. The van der Waals surface area contributed by atoms with Crippen LogP contribution in [0.2, 0.25) is 0 Å². The highest BCUT2D eigenvalue weighted by molar-refractivity contribution is 8.26. The van der Waals surface area contributed by atoms with Gasteiger partial charge in [0.2, 0.25) is 5.91 Å². The smallest absolute Gasteiger partial charge is 0.266 e. The molecule has 0 radical (unpaired) electrons. The van der Waals surface area contributed by atoms with Crippen LogP contribution < -0.4 is 4.90 Å². The molecular formula is C27H31N3O2S2. The van der Waals surface area contributed by atoms with E-state index in [0.29, 0.717) is 22.2 Å². The molecule has 4 rings (SSSR count). The van der Waals surface area contributed by atoms with Crippen LogP contribution in [0.15, 0.2) is 59.5 Å².